The van der Waals surface area contributed by atoms with Gasteiger partial charge in [-0.15, -0.1) is 0 Å². The summed E-state index contributed by atoms with van der Waals surface area (Å²) in [5, 5.41) is 0. The molecule has 1 unspecified atom stereocenters. The van der Waals surface area contributed by atoms with Crippen molar-refractivity contribution in [2.24, 2.45) is 0 Å². The van der Waals surface area contributed by atoms with Crippen molar-refractivity contribution in [2.75, 3.05) is 20.3 Å². The average molecular weight is 215 g/mol. The lowest BCUT2D eigenvalue weighted by molar-refractivity contribution is 0.0682. The maximum atomic E-state index is 11.6. The Morgan fingerprint density at radius 1 is 1.40 bits per heavy atom. The van der Waals surface area contributed by atoms with Gasteiger partial charge in [0.15, 0.2) is 0 Å². The van der Waals surface area contributed by atoms with Crippen LogP contribution in [0.5, 0.6) is 0 Å². The Bertz CT molecular complexity index is 198. The van der Waals surface area contributed by atoms with Gasteiger partial charge in [0.05, 0.1) is 6.10 Å². The van der Waals surface area contributed by atoms with Crippen molar-refractivity contribution in [3.8, 4) is 0 Å². The molecular formula is C11H21NO3. The molecule has 0 spiro atoms. The third kappa shape index (κ3) is 4.08. The summed E-state index contributed by atoms with van der Waals surface area (Å²) in [4.78, 5) is 13.3. The number of ether oxygens (including phenoxy) is 2. The molecule has 1 aliphatic heterocycles. The van der Waals surface area contributed by atoms with Gasteiger partial charge in [-0.3, -0.25) is 0 Å². The van der Waals surface area contributed by atoms with Gasteiger partial charge in [-0.25, -0.2) is 4.79 Å². The minimum Gasteiger partial charge on any atom is -0.447 e. The Morgan fingerprint density at radius 2 is 2.13 bits per heavy atom. The molecule has 1 heterocycles. The maximum absolute atomic E-state index is 11.6. The highest BCUT2D eigenvalue weighted by Crippen LogP contribution is 2.15. The zero-order valence-electron chi connectivity index (χ0n) is 9.86. The summed E-state index contributed by atoms with van der Waals surface area (Å²) in [7, 11) is 1.81. The normalized spacial score (nSPS) is 22.3. The van der Waals surface area contributed by atoms with E-state index in [0.29, 0.717) is 0 Å². The Kier molecular flexibility index (Phi) is 4.88. The molecule has 0 bridgehead atoms. The van der Waals surface area contributed by atoms with Crippen LogP contribution in [-0.2, 0) is 9.47 Å². The molecule has 0 aromatic heterocycles. The van der Waals surface area contributed by atoms with Crippen LogP contribution in [0.15, 0.2) is 0 Å². The molecule has 1 amide bonds. The summed E-state index contributed by atoms with van der Waals surface area (Å²) < 4.78 is 10.5. The Hall–Kier alpha value is -0.770. The highest BCUT2D eigenvalue weighted by molar-refractivity contribution is 5.67. The molecule has 1 rings (SSSR count). The molecule has 1 fully saturated rings. The van der Waals surface area contributed by atoms with Crippen LogP contribution in [0.2, 0.25) is 0 Å². The molecule has 0 aromatic carbocycles. The summed E-state index contributed by atoms with van der Waals surface area (Å²) in [6, 6.07) is 0.263. The highest BCUT2D eigenvalue weighted by atomic mass is 16.6. The number of hydrogen-bond donors (Lipinski definition) is 0. The summed E-state index contributed by atoms with van der Waals surface area (Å²) in [5.74, 6) is 0. The predicted molar refractivity (Wildman–Crippen MR) is 57.8 cm³/mol. The van der Waals surface area contributed by atoms with Gasteiger partial charge in [0.25, 0.3) is 0 Å². The average Bonchev–Trinajstić information content (AvgIpc) is 2.43. The Morgan fingerprint density at radius 3 is 2.80 bits per heavy atom. The topological polar surface area (TPSA) is 38.8 Å². The van der Waals surface area contributed by atoms with Crippen LogP contribution in [-0.4, -0.2) is 43.4 Å². The number of rotatable bonds is 2. The SMILES string of the molecule is CC(C)OC(=O)N(C)C1CCCOCC1. The zero-order chi connectivity index (χ0) is 11.3. The Balaban J connectivity index is 2.42. The van der Waals surface area contributed by atoms with Crippen LogP contribution >= 0.6 is 0 Å². The first-order valence-corrected chi connectivity index (χ1v) is 5.62. The number of carbonyl (C=O) groups excluding carboxylic acids is 1. The van der Waals surface area contributed by atoms with E-state index in [2.05, 4.69) is 0 Å². The number of amides is 1. The smallest absolute Gasteiger partial charge is 0.410 e. The first kappa shape index (κ1) is 12.3. The van der Waals surface area contributed by atoms with E-state index in [4.69, 9.17) is 9.47 Å². The molecule has 15 heavy (non-hydrogen) atoms. The lowest BCUT2D eigenvalue weighted by Crippen LogP contribution is -2.38. The summed E-state index contributed by atoms with van der Waals surface area (Å²) in [5.41, 5.74) is 0. The Labute approximate surface area is 91.5 Å². The van der Waals surface area contributed by atoms with E-state index in [1.165, 1.54) is 0 Å². The molecule has 1 aliphatic rings. The van der Waals surface area contributed by atoms with Crippen LogP contribution in [0.25, 0.3) is 0 Å². The second-order valence-electron chi connectivity index (χ2n) is 4.24. The van der Waals surface area contributed by atoms with Crippen LogP contribution < -0.4 is 0 Å². The van der Waals surface area contributed by atoms with E-state index >= 15 is 0 Å². The van der Waals surface area contributed by atoms with Crippen molar-refractivity contribution in [3.05, 3.63) is 0 Å². The second kappa shape index (κ2) is 5.95. The lowest BCUT2D eigenvalue weighted by atomic mass is 10.1. The van der Waals surface area contributed by atoms with Gasteiger partial charge in [0.2, 0.25) is 0 Å². The largest absolute Gasteiger partial charge is 0.447 e. The predicted octanol–water partition coefficient (Wildman–Crippen LogP) is 2.03. The molecular weight excluding hydrogens is 194 g/mol. The van der Waals surface area contributed by atoms with Crippen LogP contribution in [0.1, 0.15) is 33.1 Å². The first-order valence-electron chi connectivity index (χ1n) is 5.62. The number of hydrogen-bond acceptors (Lipinski definition) is 3. The van der Waals surface area contributed by atoms with Crippen molar-refractivity contribution in [1.82, 2.24) is 4.90 Å². The van der Waals surface area contributed by atoms with Gasteiger partial charge < -0.3 is 14.4 Å². The van der Waals surface area contributed by atoms with Crippen LogP contribution in [0.4, 0.5) is 4.79 Å². The van der Waals surface area contributed by atoms with Gasteiger partial charge in [-0.05, 0) is 33.1 Å². The van der Waals surface area contributed by atoms with E-state index in [0.717, 1.165) is 32.5 Å². The standard InChI is InChI=1S/C11H21NO3/c1-9(2)15-11(13)12(3)10-5-4-7-14-8-6-10/h9-10H,4-8H2,1-3H3. The van der Waals surface area contributed by atoms with Crippen molar-refractivity contribution in [3.63, 3.8) is 0 Å². The molecule has 1 atom stereocenters. The maximum Gasteiger partial charge on any atom is 0.410 e. The second-order valence-corrected chi connectivity index (χ2v) is 4.24. The molecule has 88 valence electrons. The van der Waals surface area contributed by atoms with Gasteiger partial charge in [-0.2, -0.15) is 0 Å². The molecule has 1 saturated heterocycles. The molecule has 0 N–H and O–H groups in total. The third-order valence-electron chi connectivity index (χ3n) is 2.59. The fourth-order valence-corrected chi connectivity index (χ4v) is 1.71. The fraction of sp³-hybridized carbons (Fsp3) is 0.909. The summed E-state index contributed by atoms with van der Waals surface area (Å²) in [6.07, 6.45) is 2.65. The molecule has 4 nitrogen and oxygen atoms in total. The third-order valence-corrected chi connectivity index (χ3v) is 2.59. The molecule has 4 heteroatoms. The molecule has 0 radical (unpaired) electrons. The highest BCUT2D eigenvalue weighted by Gasteiger charge is 2.22. The van der Waals surface area contributed by atoms with Crippen LogP contribution in [0.3, 0.4) is 0 Å². The van der Waals surface area contributed by atoms with E-state index in [-0.39, 0.29) is 18.2 Å². The van der Waals surface area contributed by atoms with Gasteiger partial charge in [0.1, 0.15) is 0 Å². The first-order chi connectivity index (χ1) is 7.11. The van der Waals surface area contributed by atoms with Crippen molar-refractivity contribution in [1.29, 1.82) is 0 Å². The summed E-state index contributed by atoms with van der Waals surface area (Å²) in [6.45, 7) is 5.28. The number of nitrogens with zero attached hydrogens (tertiary/aromatic N) is 1. The van der Waals surface area contributed by atoms with Crippen molar-refractivity contribution >= 4 is 6.09 Å². The van der Waals surface area contributed by atoms with Gasteiger partial charge in [0, 0.05) is 26.3 Å². The van der Waals surface area contributed by atoms with E-state index in [9.17, 15) is 4.79 Å². The van der Waals surface area contributed by atoms with Crippen molar-refractivity contribution < 1.29 is 14.3 Å². The van der Waals surface area contributed by atoms with Crippen molar-refractivity contribution in [2.45, 2.75) is 45.3 Å². The molecule has 0 aliphatic carbocycles. The van der Waals surface area contributed by atoms with E-state index in [1.807, 2.05) is 13.8 Å². The van der Waals surface area contributed by atoms with Crippen LogP contribution in [0, 0.1) is 0 Å². The van der Waals surface area contributed by atoms with E-state index < -0.39 is 0 Å². The van der Waals surface area contributed by atoms with E-state index in [1.54, 1.807) is 11.9 Å². The lowest BCUT2D eigenvalue weighted by Gasteiger charge is -2.26. The monoisotopic (exact) mass is 215 g/mol. The molecule has 0 aromatic rings. The van der Waals surface area contributed by atoms with Gasteiger partial charge in [-0.1, -0.05) is 0 Å². The quantitative estimate of drug-likeness (QED) is 0.707. The summed E-state index contributed by atoms with van der Waals surface area (Å²) >= 11 is 0. The minimum atomic E-state index is -0.225. The minimum absolute atomic E-state index is 0.0537. The molecule has 0 saturated carbocycles. The van der Waals surface area contributed by atoms with Gasteiger partial charge >= 0.3 is 6.09 Å². The number of carbonyl (C=O) groups is 1. The fourth-order valence-electron chi connectivity index (χ4n) is 1.71. The zero-order valence-corrected chi connectivity index (χ0v) is 9.86.